The molecule has 0 radical (unpaired) electrons. The van der Waals surface area contributed by atoms with Gasteiger partial charge in [0, 0.05) is 52.8 Å². The summed E-state index contributed by atoms with van der Waals surface area (Å²) in [4.78, 5) is 23.9. The summed E-state index contributed by atoms with van der Waals surface area (Å²) in [5, 5.41) is 2.06. The van der Waals surface area contributed by atoms with Crippen molar-refractivity contribution in [2.75, 3.05) is 0 Å². The van der Waals surface area contributed by atoms with E-state index in [1.54, 1.807) is 0 Å². The first kappa shape index (κ1) is 14.5. The van der Waals surface area contributed by atoms with Gasteiger partial charge in [0.05, 0.1) is 0 Å². The zero-order valence-corrected chi connectivity index (χ0v) is 13.1. The van der Waals surface area contributed by atoms with Crippen LogP contribution in [0.15, 0.2) is 36.4 Å². The molecule has 0 saturated heterocycles. The number of ketones is 2. The molecule has 3 rings (SSSR count). The van der Waals surface area contributed by atoms with Crippen LogP contribution in [0.2, 0.25) is 0 Å². The van der Waals surface area contributed by atoms with Gasteiger partial charge >= 0.3 is 0 Å². The van der Waals surface area contributed by atoms with Crippen molar-refractivity contribution in [3.05, 3.63) is 47.5 Å². The first-order valence-electron chi connectivity index (χ1n) is 7.65. The van der Waals surface area contributed by atoms with Crippen LogP contribution >= 0.6 is 0 Å². The van der Waals surface area contributed by atoms with Gasteiger partial charge in [0.25, 0.3) is 0 Å². The molecule has 112 valence electrons. The predicted octanol–water partition coefficient (Wildman–Crippen LogP) is 4.52. The Morgan fingerprint density at radius 2 is 1.23 bits per heavy atom. The molecule has 0 aliphatic rings. The molecule has 0 spiro atoms. The molecule has 3 aromatic rings. The summed E-state index contributed by atoms with van der Waals surface area (Å²) in [6, 6.07) is 11.6. The van der Waals surface area contributed by atoms with Crippen molar-refractivity contribution < 1.29 is 9.59 Å². The highest BCUT2D eigenvalue weighted by Gasteiger charge is 2.13. The van der Waals surface area contributed by atoms with Crippen molar-refractivity contribution in [1.82, 2.24) is 4.57 Å². The molecule has 0 saturated carbocycles. The van der Waals surface area contributed by atoms with Gasteiger partial charge in [-0.05, 0) is 36.4 Å². The van der Waals surface area contributed by atoms with Crippen LogP contribution in [0.25, 0.3) is 21.8 Å². The Balaban J connectivity index is 2.32. The lowest BCUT2D eigenvalue weighted by Crippen LogP contribution is -1.96. The molecule has 0 amide bonds. The topological polar surface area (TPSA) is 39.1 Å². The number of Topliss-reactive ketones (excluding diaryl/α,β-unsaturated/α-hetero) is 2. The largest absolute Gasteiger partial charge is 0.344 e. The van der Waals surface area contributed by atoms with Crippen LogP contribution < -0.4 is 0 Å². The van der Waals surface area contributed by atoms with Crippen LogP contribution in [0.4, 0.5) is 0 Å². The number of aryl methyl sites for hydroxylation is 1. The van der Waals surface area contributed by atoms with E-state index in [0.29, 0.717) is 12.8 Å². The van der Waals surface area contributed by atoms with Gasteiger partial charge in [-0.1, -0.05) is 13.8 Å². The number of rotatable bonds is 4. The number of hydrogen-bond donors (Lipinski definition) is 0. The van der Waals surface area contributed by atoms with Crippen molar-refractivity contribution in [3.63, 3.8) is 0 Å². The van der Waals surface area contributed by atoms with Crippen LogP contribution in [0.5, 0.6) is 0 Å². The summed E-state index contributed by atoms with van der Waals surface area (Å²) in [7, 11) is 2.01. The maximum absolute atomic E-state index is 12.0. The van der Waals surface area contributed by atoms with Gasteiger partial charge in [-0.25, -0.2) is 0 Å². The predicted molar refractivity (Wildman–Crippen MR) is 89.7 cm³/mol. The number of aromatic nitrogens is 1. The molecular weight excluding hydrogens is 274 g/mol. The van der Waals surface area contributed by atoms with Crippen molar-refractivity contribution in [1.29, 1.82) is 0 Å². The Labute approximate surface area is 129 Å². The van der Waals surface area contributed by atoms with E-state index >= 15 is 0 Å². The van der Waals surface area contributed by atoms with Crippen molar-refractivity contribution >= 4 is 33.4 Å². The smallest absolute Gasteiger partial charge is 0.162 e. The van der Waals surface area contributed by atoms with Crippen molar-refractivity contribution in [3.8, 4) is 0 Å². The average molecular weight is 293 g/mol. The van der Waals surface area contributed by atoms with E-state index in [9.17, 15) is 9.59 Å². The summed E-state index contributed by atoms with van der Waals surface area (Å²) in [6.07, 6.45) is 0.992. The van der Waals surface area contributed by atoms with E-state index in [4.69, 9.17) is 0 Å². The maximum Gasteiger partial charge on any atom is 0.162 e. The Morgan fingerprint density at radius 3 is 1.59 bits per heavy atom. The van der Waals surface area contributed by atoms with Gasteiger partial charge in [-0.3, -0.25) is 9.59 Å². The summed E-state index contributed by atoms with van der Waals surface area (Å²) in [5.74, 6) is 0.277. The molecule has 0 N–H and O–H groups in total. The molecule has 0 bridgehead atoms. The van der Waals surface area contributed by atoms with E-state index in [0.717, 1.165) is 32.9 Å². The van der Waals surface area contributed by atoms with Crippen LogP contribution in [-0.2, 0) is 7.05 Å². The molecule has 3 nitrogen and oxygen atoms in total. The highest BCUT2D eigenvalue weighted by Crippen LogP contribution is 2.30. The lowest BCUT2D eigenvalue weighted by atomic mass is 10.0. The second-order valence-electron chi connectivity index (χ2n) is 5.58. The van der Waals surface area contributed by atoms with Gasteiger partial charge in [0.15, 0.2) is 11.6 Å². The van der Waals surface area contributed by atoms with Crippen LogP contribution in [-0.4, -0.2) is 16.1 Å². The maximum atomic E-state index is 12.0. The number of hydrogen-bond acceptors (Lipinski definition) is 2. The minimum Gasteiger partial charge on any atom is -0.344 e. The summed E-state index contributed by atoms with van der Waals surface area (Å²) >= 11 is 0. The normalized spacial score (nSPS) is 11.2. The van der Waals surface area contributed by atoms with Gasteiger partial charge in [-0.15, -0.1) is 0 Å². The quantitative estimate of drug-likeness (QED) is 0.663. The van der Waals surface area contributed by atoms with Crippen LogP contribution in [0.3, 0.4) is 0 Å². The molecule has 3 heteroatoms. The second kappa shape index (κ2) is 5.41. The summed E-state index contributed by atoms with van der Waals surface area (Å²) < 4.78 is 2.10. The minimum absolute atomic E-state index is 0.139. The van der Waals surface area contributed by atoms with E-state index in [2.05, 4.69) is 4.57 Å². The molecule has 22 heavy (non-hydrogen) atoms. The lowest BCUT2D eigenvalue weighted by molar-refractivity contribution is 0.0980. The SMILES string of the molecule is CCC(=O)c1ccc2c(c1)c1cc(C(=O)CC)ccc1n2C. The second-order valence-corrected chi connectivity index (χ2v) is 5.58. The molecule has 0 aliphatic heterocycles. The third-order valence-corrected chi connectivity index (χ3v) is 4.29. The molecule has 0 unspecified atom stereocenters. The molecule has 1 aromatic heterocycles. The van der Waals surface area contributed by atoms with Crippen LogP contribution in [0.1, 0.15) is 47.4 Å². The zero-order chi connectivity index (χ0) is 15.9. The Bertz CT molecular complexity index is 829. The van der Waals surface area contributed by atoms with Crippen molar-refractivity contribution in [2.45, 2.75) is 26.7 Å². The molecule has 1 heterocycles. The monoisotopic (exact) mass is 293 g/mol. The Hall–Kier alpha value is -2.42. The first-order chi connectivity index (χ1) is 10.6. The molecule has 2 aromatic carbocycles. The van der Waals surface area contributed by atoms with E-state index in [1.165, 1.54) is 0 Å². The number of carbonyl (C=O) groups excluding carboxylic acids is 2. The highest BCUT2D eigenvalue weighted by atomic mass is 16.1. The van der Waals surface area contributed by atoms with E-state index < -0.39 is 0 Å². The van der Waals surface area contributed by atoms with Gasteiger partial charge in [-0.2, -0.15) is 0 Å². The number of carbonyl (C=O) groups is 2. The minimum atomic E-state index is 0.139. The molecule has 0 aliphatic carbocycles. The Kier molecular flexibility index (Phi) is 3.57. The number of nitrogens with zero attached hydrogens (tertiary/aromatic N) is 1. The fourth-order valence-corrected chi connectivity index (χ4v) is 2.97. The third kappa shape index (κ3) is 2.13. The molecule has 0 fully saturated rings. The third-order valence-electron chi connectivity index (χ3n) is 4.29. The van der Waals surface area contributed by atoms with Crippen molar-refractivity contribution in [2.24, 2.45) is 7.05 Å². The number of benzene rings is 2. The standard InChI is InChI=1S/C19H19NO2/c1-4-18(21)12-6-8-16-14(10-12)15-11-13(19(22)5-2)7-9-17(15)20(16)3/h6-11H,4-5H2,1-3H3. The lowest BCUT2D eigenvalue weighted by Gasteiger charge is -2.00. The molecular formula is C19H19NO2. The van der Waals surface area contributed by atoms with E-state index in [1.807, 2.05) is 57.3 Å². The zero-order valence-electron chi connectivity index (χ0n) is 13.1. The van der Waals surface area contributed by atoms with E-state index in [-0.39, 0.29) is 11.6 Å². The average Bonchev–Trinajstić information content (AvgIpc) is 2.85. The summed E-state index contributed by atoms with van der Waals surface area (Å²) in [6.45, 7) is 3.74. The molecule has 0 atom stereocenters. The fourth-order valence-electron chi connectivity index (χ4n) is 2.97. The Morgan fingerprint density at radius 1 is 0.818 bits per heavy atom. The first-order valence-corrected chi connectivity index (χ1v) is 7.65. The number of fused-ring (bicyclic) bond motifs is 3. The fraction of sp³-hybridized carbons (Fsp3) is 0.263. The highest BCUT2D eigenvalue weighted by molar-refractivity contribution is 6.12. The van der Waals surface area contributed by atoms with Gasteiger partial charge in [0.1, 0.15) is 0 Å². The summed E-state index contributed by atoms with van der Waals surface area (Å²) in [5.41, 5.74) is 3.61. The van der Waals surface area contributed by atoms with Gasteiger partial charge < -0.3 is 4.57 Å². The van der Waals surface area contributed by atoms with Gasteiger partial charge in [0.2, 0.25) is 0 Å². The van der Waals surface area contributed by atoms with Crippen LogP contribution in [0, 0.1) is 0 Å².